The van der Waals surface area contributed by atoms with Crippen LogP contribution in [0, 0.1) is 11.3 Å². The van der Waals surface area contributed by atoms with E-state index in [0.717, 1.165) is 36.5 Å². The van der Waals surface area contributed by atoms with E-state index < -0.39 is 17.8 Å². The Morgan fingerprint density at radius 3 is 2.29 bits per heavy atom. The van der Waals surface area contributed by atoms with E-state index in [1.807, 2.05) is 24.3 Å². The van der Waals surface area contributed by atoms with Crippen LogP contribution in [0.1, 0.15) is 58.9 Å². The van der Waals surface area contributed by atoms with Crippen molar-refractivity contribution in [2.24, 2.45) is 16.3 Å². The number of benzene rings is 1. The maximum atomic E-state index is 13.1. The summed E-state index contributed by atoms with van der Waals surface area (Å²) >= 11 is 0. The maximum absolute atomic E-state index is 13.1. The number of hydrogen-bond donors (Lipinski definition) is 1. The molecule has 0 amide bonds. The van der Waals surface area contributed by atoms with Gasteiger partial charge in [0.2, 0.25) is 0 Å². The van der Waals surface area contributed by atoms with Crippen LogP contribution in [0.5, 0.6) is 0 Å². The van der Waals surface area contributed by atoms with Gasteiger partial charge in [-0.15, -0.1) is 0 Å². The summed E-state index contributed by atoms with van der Waals surface area (Å²) in [6, 6.07) is 8.01. The fourth-order valence-corrected chi connectivity index (χ4v) is 4.71. The predicted octanol–water partition coefficient (Wildman–Crippen LogP) is 4.43. The zero-order valence-electron chi connectivity index (χ0n) is 17.5. The number of carboxylic acids is 1. The first-order chi connectivity index (χ1) is 13.2. The molecule has 1 aromatic carbocycles. The summed E-state index contributed by atoms with van der Waals surface area (Å²) in [6.45, 7) is 11.9. The first-order valence-corrected chi connectivity index (χ1v) is 10.1. The van der Waals surface area contributed by atoms with Gasteiger partial charge in [0.15, 0.2) is 0 Å². The summed E-state index contributed by atoms with van der Waals surface area (Å²) in [5, 5.41) is 9.89. The van der Waals surface area contributed by atoms with Gasteiger partial charge in [0, 0.05) is 42.5 Å². The van der Waals surface area contributed by atoms with Crippen molar-refractivity contribution >= 4 is 23.2 Å². The summed E-state index contributed by atoms with van der Waals surface area (Å²) in [4.78, 5) is 32.0. The Hall–Kier alpha value is -2.43. The molecule has 1 heterocycles. The lowest BCUT2D eigenvalue weighted by atomic mass is 9.63. The standard InChI is InChI=1S/C23H30N2O3/c1-6-25(7-2)16-10-8-15(9-11-16)20-19(22(27)28)14(3)24-17-12-23(4,5)13-18(26)21(17)20/h8-11,20-21H,6-7,12-13H2,1-5H3,(H,27,28). The van der Waals surface area contributed by atoms with Crippen LogP contribution in [0.2, 0.25) is 0 Å². The molecule has 0 spiro atoms. The first kappa shape index (κ1) is 20.3. The van der Waals surface area contributed by atoms with Crippen LogP contribution in [0.25, 0.3) is 0 Å². The van der Waals surface area contributed by atoms with Crippen molar-refractivity contribution in [3.05, 3.63) is 41.1 Å². The Kier molecular flexibility index (Phi) is 5.46. The number of Topliss-reactive ketones (excluding diaryl/α,β-unsaturated/α-hetero) is 1. The number of allylic oxidation sites excluding steroid dienone is 1. The molecule has 150 valence electrons. The van der Waals surface area contributed by atoms with Crippen LogP contribution >= 0.6 is 0 Å². The van der Waals surface area contributed by atoms with Crippen molar-refractivity contribution in [3.63, 3.8) is 0 Å². The maximum Gasteiger partial charge on any atom is 0.334 e. The highest BCUT2D eigenvalue weighted by atomic mass is 16.4. The van der Waals surface area contributed by atoms with E-state index in [-0.39, 0.29) is 16.8 Å². The van der Waals surface area contributed by atoms with Crippen LogP contribution in [0.15, 0.2) is 40.5 Å². The molecule has 2 atom stereocenters. The van der Waals surface area contributed by atoms with E-state index in [2.05, 4.69) is 37.6 Å². The number of aliphatic carboxylic acids is 1. The summed E-state index contributed by atoms with van der Waals surface area (Å²) in [7, 11) is 0. The molecule has 1 aromatic rings. The molecule has 3 rings (SSSR count). The summed E-state index contributed by atoms with van der Waals surface area (Å²) in [5.41, 5.74) is 3.44. The third kappa shape index (κ3) is 3.62. The number of carboxylic acid groups (broad SMARTS) is 1. The third-order valence-corrected chi connectivity index (χ3v) is 5.97. The van der Waals surface area contributed by atoms with Gasteiger partial charge in [0.25, 0.3) is 0 Å². The lowest BCUT2D eigenvalue weighted by Crippen LogP contribution is -2.43. The third-order valence-electron chi connectivity index (χ3n) is 5.97. The summed E-state index contributed by atoms with van der Waals surface area (Å²) < 4.78 is 0. The molecule has 0 saturated heterocycles. The van der Waals surface area contributed by atoms with Crippen LogP contribution in [-0.4, -0.2) is 35.7 Å². The minimum atomic E-state index is -0.990. The topological polar surface area (TPSA) is 70.0 Å². The highest BCUT2D eigenvalue weighted by molar-refractivity contribution is 6.12. The molecule has 1 saturated carbocycles. The van der Waals surface area contributed by atoms with Crippen LogP contribution in [0.3, 0.4) is 0 Å². The van der Waals surface area contributed by atoms with Crippen molar-refractivity contribution in [2.75, 3.05) is 18.0 Å². The van der Waals surface area contributed by atoms with E-state index in [0.29, 0.717) is 12.1 Å². The summed E-state index contributed by atoms with van der Waals surface area (Å²) in [5.74, 6) is -1.84. The van der Waals surface area contributed by atoms with E-state index >= 15 is 0 Å². The second kappa shape index (κ2) is 7.53. The van der Waals surface area contributed by atoms with Crippen molar-refractivity contribution in [1.82, 2.24) is 0 Å². The molecule has 1 aliphatic heterocycles. The first-order valence-electron chi connectivity index (χ1n) is 10.1. The summed E-state index contributed by atoms with van der Waals surface area (Å²) in [6.07, 6.45) is 1.18. The zero-order chi connectivity index (χ0) is 20.6. The molecule has 0 bridgehead atoms. The smallest absolute Gasteiger partial charge is 0.334 e. The Morgan fingerprint density at radius 1 is 1.14 bits per heavy atom. The molecule has 0 aromatic heterocycles. The lowest BCUT2D eigenvalue weighted by molar-refractivity contribution is -0.133. The molecule has 1 fully saturated rings. The van der Waals surface area contributed by atoms with E-state index in [9.17, 15) is 14.7 Å². The zero-order valence-corrected chi connectivity index (χ0v) is 17.5. The number of aliphatic imine (C=N–C) groups is 1. The van der Waals surface area contributed by atoms with Gasteiger partial charge in [-0.3, -0.25) is 9.79 Å². The van der Waals surface area contributed by atoms with Gasteiger partial charge in [-0.05, 0) is 50.3 Å². The van der Waals surface area contributed by atoms with Crippen molar-refractivity contribution in [3.8, 4) is 0 Å². The number of fused-ring (bicyclic) bond motifs is 1. The highest BCUT2D eigenvalue weighted by Gasteiger charge is 2.47. The van der Waals surface area contributed by atoms with Crippen LogP contribution in [-0.2, 0) is 9.59 Å². The second-order valence-electron chi connectivity index (χ2n) is 8.61. The van der Waals surface area contributed by atoms with Crippen LogP contribution < -0.4 is 4.90 Å². The quantitative estimate of drug-likeness (QED) is 0.817. The minimum Gasteiger partial charge on any atom is -0.478 e. The number of nitrogens with zero attached hydrogens (tertiary/aromatic N) is 2. The number of carbonyl (C=O) groups is 2. The molecule has 2 aliphatic rings. The van der Waals surface area contributed by atoms with Gasteiger partial charge in [0.1, 0.15) is 5.78 Å². The molecular formula is C23H30N2O3. The van der Waals surface area contributed by atoms with E-state index in [1.54, 1.807) is 6.92 Å². The Morgan fingerprint density at radius 2 is 1.75 bits per heavy atom. The average Bonchev–Trinajstić information content (AvgIpc) is 2.60. The molecule has 5 heteroatoms. The predicted molar refractivity (Wildman–Crippen MR) is 112 cm³/mol. The van der Waals surface area contributed by atoms with E-state index in [4.69, 9.17) is 0 Å². The molecule has 1 N–H and O–H groups in total. The van der Waals surface area contributed by atoms with Gasteiger partial charge in [0.05, 0.1) is 11.5 Å². The second-order valence-corrected chi connectivity index (χ2v) is 8.61. The number of ketones is 1. The molecular weight excluding hydrogens is 352 g/mol. The van der Waals surface area contributed by atoms with Gasteiger partial charge >= 0.3 is 5.97 Å². The van der Waals surface area contributed by atoms with Crippen molar-refractivity contribution in [2.45, 2.75) is 53.4 Å². The van der Waals surface area contributed by atoms with Gasteiger partial charge in [-0.1, -0.05) is 26.0 Å². The number of hydrogen-bond acceptors (Lipinski definition) is 4. The van der Waals surface area contributed by atoms with Crippen LogP contribution in [0.4, 0.5) is 5.69 Å². The van der Waals surface area contributed by atoms with Gasteiger partial charge in [-0.25, -0.2) is 4.79 Å². The molecule has 1 aliphatic carbocycles. The van der Waals surface area contributed by atoms with E-state index in [1.165, 1.54) is 0 Å². The Bertz CT molecular complexity index is 845. The average molecular weight is 383 g/mol. The number of rotatable bonds is 5. The lowest BCUT2D eigenvalue weighted by Gasteiger charge is -2.40. The fraction of sp³-hybridized carbons (Fsp3) is 0.522. The Balaban J connectivity index is 2.08. The Labute approximate surface area is 167 Å². The molecule has 5 nitrogen and oxygen atoms in total. The molecule has 0 radical (unpaired) electrons. The van der Waals surface area contributed by atoms with Gasteiger partial charge < -0.3 is 10.0 Å². The highest BCUT2D eigenvalue weighted by Crippen LogP contribution is 2.46. The monoisotopic (exact) mass is 382 g/mol. The molecule has 28 heavy (non-hydrogen) atoms. The van der Waals surface area contributed by atoms with Crippen molar-refractivity contribution in [1.29, 1.82) is 0 Å². The largest absolute Gasteiger partial charge is 0.478 e. The fourth-order valence-electron chi connectivity index (χ4n) is 4.71. The van der Waals surface area contributed by atoms with Gasteiger partial charge in [-0.2, -0.15) is 0 Å². The number of anilines is 1. The van der Waals surface area contributed by atoms with Crippen molar-refractivity contribution < 1.29 is 14.7 Å². The normalized spacial score (nSPS) is 23.9. The SMILES string of the molecule is CCN(CC)c1ccc(C2C(C(=O)O)=C(C)N=C3CC(C)(C)CC(=O)C32)cc1. The number of carbonyl (C=O) groups excluding carboxylic acids is 1. The minimum absolute atomic E-state index is 0.0964. The molecule has 2 unspecified atom stereocenters.